The van der Waals surface area contributed by atoms with Crippen LogP contribution < -0.4 is 5.73 Å². The zero-order valence-electron chi connectivity index (χ0n) is 7.84. The number of aldehydes is 1. The summed E-state index contributed by atoms with van der Waals surface area (Å²) in [5, 5.41) is 3.67. The zero-order chi connectivity index (χ0) is 10.7. The molecule has 1 heterocycles. The standard InChI is InChI=1S/C11H9NO2S/c12-9-1-2-10(8(5-9)6-13)11-7-15-4-3-14-11/h1-7H,12H2. The Morgan fingerprint density at radius 2 is 2.27 bits per heavy atom. The molecule has 0 spiro atoms. The zero-order valence-corrected chi connectivity index (χ0v) is 8.66. The minimum absolute atomic E-state index is 0.539. The van der Waals surface area contributed by atoms with Crippen molar-refractivity contribution < 1.29 is 9.53 Å². The van der Waals surface area contributed by atoms with Gasteiger partial charge in [0, 0.05) is 27.6 Å². The fourth-order valence-electron chi connectivity index (χ4n) is 1.29. The number of anilines is 1. The van der Waals surface area contributed by atoms with Gasteiger partial charge in [-0.3, -0.25) is 4.79 Å². The maximum absolute atomic E-state index is 10.9. The second kappa shape index (κ2) is 4.23. The molecule has 0 amide bonds. The van der Waals surface area contributed by atoms with Crippen LogP contribution in [0.5, 0.6) is 0 Å². The van der Waals surface area contributed by atoms with E-state index in [2.05, 4.69) is 0 Å². The third kappa shape index (κ3) is 2.05. The molecule has 2 N–H and O–H groups in total. The van der Waals surface area contributed by atoms with Crippen molar-refractivity contribution in [1.82, 2.24) is 0 Å². The van der Waals surface area contributed by atoms with E-state index in [-0.39, 0.29) is 0 Å². The Labute approximate surface area is 91.6 Å². The lowest BCUT2D eigenvalue weighted by Gasteiger charge is -2.11. The van der Waals surface area contributed by atoms with Gasteiger partial charge in [-0.2, -0.15) is 0 Å². The molecule has 0 aliphatic carbocycles. The van der Waals surface area contributed by atoms with E-state index in [1.165, 1.54) is 11.8 Å². The van der Waals surface area contributed by atoms with Gasteiger partial charge in [-0.25, -0.2) is 0 Å². The SMILES string of the molecule is Nc1ccc(C2=CSC=CO2)c(C=O)c1. The highest BCUT2D eigenvalue weighted by molar-refractivity contribution is 8.05. The summed E-state index contributed by atoms with van der Waals surface area (Å²) in [7, 11) is 0. The molecule has 1 aliphatic rings. The Kier molecular flexibility index (Phi) is 2.78. The van der Waals surface area contributed by atoms with Gasteiger partial charge in [0.05, 0.1) is 6.26 Å². The largest absolute Gasteiger partial charge is 0.463 e. The number of hydrogen-bond acceptors (Lipinski definition) is 4. The lowest BCUT2D eigenvalue weighted by Crippen LogP contribution is -1.96. The molecule has 0 unspecified atom stereocenters. The van der Waals surface area contributed by atoms with E-state index in [1.807, 2.05) is 10.8 Å². The second-order valence-electron chi connectivity index (χ2n) is 2.97. The van der Waals surface area contributed by atoms with Crippen LogP contribution in [-0.2, 0) is 4.74 Å². The first-order valence-electron chi connectivity index (χ1n) is 4.33. The summed E-state index contributed by atoms with van der Waals surface area (Å²) in [5.74, 6) is 0.671. The van der Waals surface area contributed by atoms with E-state index in [0.717, 1.165) is 11.8 Å². The number of carbonyl (C=O) groups is 1. The third-order valence-electron chi connectivity index (χ3n) is 1.97. The number of nitrogens with two attached hydrogens (primary N) is 1. The number of nitrogen functional groups attached to an aromatic ring is 1. The normalized spacial score (nSPS) is 14.3. The summed E-state index contributed by atoms with van der Waals surface area (Å²) in [4.78, 5) is 10.9. The second-order valence-corrected chi connectivity index (χ2v) is 3.75. The van der Waals surface area contributed by atoms with E-state index >= 15 is 0 Å². The average Bonchev–Trinajstić information content (AvgIpc) is 2.30. The van der Waals surface area contributed by atoms with Crippen LogP contribution >= 0.6 is 11.8 Å². The molecule has 1 aromatic rings. The first-order valence-corrected chi connectivity index (χ1v) is 5.28. The van der Waals surface area contributed by atoms with Crippen molar-refractivity contribution in [3.63, 3.8) is 0 Å². The Morgan fingerprint density at radius 3 is 2.93 bits per heavy atom. The van der Waals surface area contributed by atoms with Crippen molar-refractivity contribution in [2.75, 3.05) is 5.73 Å². The Morgan fingerprint density at radius 1 is 1.40 bits per heavy atom. The maximum atomic E-state index is 10.9. The molecule has 0 atom stereocenters. The lowest BCUT2D eigenvalue weighted by atomic mass is 10.1. The molecule has 1 aliphatic heterocycles. The molecule has 2 rings (SSSR count). The number of benzene rings is 1. The number of thioether (sulfide) groups is 1. The quantitative estimate of drug-likeness (QED) is 0.613. The number of carbonyl (C=O) groups excluding carboxylic acids is 1. The van der Waals surface area contributed by atoms with Crippen molar-refractivity contribution in [1.29, 1.82) is 0 Å². The van der Waals surface area contributed by atoms with E-state index < -0.39 is 0 Å². The summed E-state index contributed by atoms with van der Waals surface area (Å²) in [5.41, 5.74) is 7.46. The van der Waals surface area contributed by atoms with Gasteiger partial charge in [0.1, 0.15) is 5.76 Å². The minimum Gasteiger partial charge on any atom is -0.463 e. The Balaban J connectivity index is 2.43. The molecule has 1 aromatic carbocycles. The van der Waals surface area contributed by atoms with E-state index in [1.54, 1.807) is 24.5 Å². The van der Waals surface area contributed by atoms with Gasteiger partial charge >= 0.3 is 0 Å². The van der Waals surface area contributed by atoms with E-state index in [0.29, 0.717) is 17.0 Å². The van der Waals surface area contributed by atoms with Crippen LogP contribution in [0.3, 0.4) is 0 Å². The van der Waals surface area contributed by atoms with Gasteiger partial charge in [0.25, 0.3) is 0 Å². The van der Waals surface area contributed by atoms with Crippen molar-refractivity contribution in [3.05, 3.63) is 46.4 Å². The highest BCUT2D eigenvalue weighted by Gasteiger charge is 2.10. The molecule has 76 valence electrons. The van der Waals surface area contributed by atoms with Crippen molar-refractivity contribution in [2.45, 2.75) is 0 Å². The molecule has 0 fully saturated rings. The summed E-state index contributed by atoms with van der Waals surface area (Å²) >= 11 is 1.51. The van der Waals surface area contributed by atoms with Gasteiger partial charge in [0.15, 0.2) is 6.29 Å². The van der Waals surface area contributed by atoms with Gasteiger partial charge in [-0.1, -0.05) is 11.8 Å². The predicted octanol–water partition coefficient (Wildman–Crippen LogP) is 2.61. The molecule has 0 saturated carbocycles. The van der Waals surface area contributed by atoms with Crippen LogP contribution in [0.25, 0.3) is 5.76 Å². The predicted molar refractivity (Wildman–Crippen MR) is 62.0 cm³/mol. The first kappa shape index (κ1) is 9.86. The molecular weight excluding hydrogens is 210 g/mol. The Hall–Kier alpha value is -1.68. The van der Waals surface area contributed by atoms with Crippen molar-refractivity contribution in [2.24, 2.45) is 0 Å². The average molecular weight is 219 g/mol. The van der Waals surface area contributed by atoms with Gasteiger partial charge in [-0.15, -0.1) is 0 Å². The van der Waals surface area contributed by atoms with Gasteiger partial charge < -0.3 is 10.5 Å². The third-order valence-corrected chi connectivity index (χ3v) is 2.59. The summed E-state index contributed by atoms with van der Waals surface area (Å²) in [6, 6.07) is 5.16. The highest BCUT2D eigenvalue weighted by Crippen LogP contribution is 2.27. The maximum Gasteiger partial charge on any atom is 0.150 e. The van der Waals surface area contributed by atoms with Crippen molar-refractivity contribution >= 4 is 29.5 Å². The summed E-state index contributed by atoms with van der Waals surface area (Å²) in [6.45, 7) is 0. The number of rotatable bonds is 2. The lowest BCUT2D eigenvalue weighted by molar-refractivity contribution is 0.112. The summed E-state index contributed by atoms with van der Waals surface area (Å²) < 4.78 is 5.31. The fourth-order valence-corrected chi connectivity index (χ4v) is 1.80. The van der Waals surface area contributed by atoms with Crippen LogP contribution in [-0.4, -0.2) is 6.29 Å². The number of hydrogen-bond donors (Lipinski definition) is 1. The monoisotopic (exact) mass is 219 g/mol. The topological polar surface area (TPSA) is 52.3 Å². The number of ether oxygens (including phenoxy) is 1. The van der Waals surface area contributed by atoms with Crippen LogP contribution in [0.15, 0.2) is 35.3 Å². The van der Waals surface area contributed by atoms with Crippen LogP contribution in [0.4, 0.5) is 5.69 Å². The van der Waals surface area contributed by atoms with Crippen LogP contribution in [0.2, 0.25) is 0 Å². The molecule has 4 heteroatoms. The van der Waals surface area contributed by atoms with Crippen LogP contribution in [0.1, 0.15) is 15.9 Å². The molecular formula is C11H9NO2S. The molecule has 0 radical (unpaired) electrons. The Bertz CT molecular complexity index is 452. The smallest absolute Gasteiger partial charge is 0.150 e. The van der Waals surface area contributed by atoms with E-state index in [4.69, 9.17) is 10.5 Å². The summed E-state index contributed by atoms with van der Waals surface area (Å²) in [6.07, 6.45) is 2.36. The molecule has 0 aromatic heterocycles. The molecule has 0 saturated heterocycles. The van der Waals surface area contributed by atoms with Crippen molar-refractivity contribution in [3.8, 4) is 0 Å². The van der Waals surface area contributed by atoms with Gasteiger partial charge in [0.2, 0.25) is 0 Å². The molecule has 3 nitrogen and oxygen atoms in total. The molecule has 0 bridgehead atoms. The molecule has 15 heavy (non-hydrogen) atoms. The fraction of sp³-hybridized carbons (Fsp3) is 0. The highest BCUT2D eigenvalue weighted by atomic mass is 32.2. The van der Waals surface area contributed by atoms with Gasteiger partial charge in [-0.05, 0) is 18.2 Å². The van der Waals surface area contributed by atoms with Crippen LogP contribution in [0, 0.1) is 0 Å². The minimum atomic E-state index is 0.539. The van der Waals surface area contributed by atoms with E-state index in [9.17, 15) is 4.79 Å². The first-order chi connectivity index (χ1) is 7.31.